The first kappa shape index (κ1) is 12.6. The van der Waals surface area contributed by atoms with Crippen LogP contribution >= 0.6 is 11.8 Å². The van der Waals surface area contributed by atoms with Crippen molar-refractivity contribution in [2.75, 3.05) is 5.75 Å². The molecule has 0 aromatic heterocycles. The number of benzene rings is 1. The standard InChI is InChI=1S/C13H20OS/c1-3-11(4-2)10-15-13-7-5-12(9-14)6-8-13/h5-8,11,14H,3-4,9-10H2,1-2H3. The van der Waals surface area contributed by atoms with Gasteiger partial charge < -0.3 is 5.11 Å². The van der Waals surface area contributed by atoms with E-state index in [0.29, 0.717) is 0 Å². The normalized spacial score (nSPS) is 10.9. The van der Waals surface area contributed by atoms with Crippen LogP contribution < -0.4 is 0 Å². The highest BCUT2D eigenvalue weighted by Gasteiger charge is 2.04. The molecule has 0 heterocycles. The molecule has 1 aromatic rings. The van der Waals surface area contributed by atoms with Gasteiger partial charge in [0.1, 0.15) is 0 Å². The van der Waals surface area contributed by atoms with E-state index in [0.717, 1.165) is 11.5 Å². The lowest BCUT2D eigenvalue weighted by Gasteiger charge is -2.11. The van der Waals surface area contributed by atoms with E-state index in [4.69, 9.17) is 5.11 Å². The summed E-state index contributed by atoms with van der Waals surface area (Å²) in [6, 6.07) is 8.18. The minimum atomic E-state index is 0.136. The summed E-state index contributed by atoms with van der Waals surface area (Å²) in [5.74, 6) is 2.03. The van der Waals surface area contributed by atoms with Crippen molar-refractivity contribution in [1.29, 1.82) is 0 Å². The molecule has 15 heavy (non-hydrogen) atoms. The molecule has 0 aliphatic carbocycles. The monoisotopic (exact) mass is 224 g/mol. The van der Waals surface area contributed by atoms with E-state index in [-0.39, 0.29) is 6.61 Å². The van der Waals surface area contributed by atoms with Crippen molar-refractivity contribution in [1.82, 2.24) is 0 Å². The third-order valence-electron chi connectivity index (χ3n) is 2.75. The summed E-state index contributed by atoms with van der Waals surface area (Å²) in [5, 5.41) is 8.92. The smallest absolute Gasteiger partial charge is 0.0681 e. The van der Waals surface area contributed by atoms with E-state index >= 15 is 0 Å². The Morgan fingerprint density at radius 3 is 2.20 bits per heavy atom. The molecule has 1 aromatic carbocycles. The first-order valence-corrected chi connectivity index (χ1v) is 6.61. The average Bonchev–Trinajstić information content (AvgIpc) is 2.31. The summed E-state index contributed by atoms with van der Waals surface area (Å²) < 4.78 is 0. The molecule has 1 nitrogen and oxygen atoms in total. The van der Waals surface area contributed by atoms with Crippen LogP contribution in [-0.4, -0.2) is 10.9 Å². The number of hydrogen-bond acceptors (Lipinski definition) is 2. The quantitative estimate of drug-likeness (QED) is 0.743. The Kier molecular flexibility index (Phi) is 5.81. The maximum atomic E-state index is 8.92. The molecule has 0 bridgehead atoms. The van der Waals surface area contributed by atoms with Crippen molar-refractivity contribution in [2.24, 2.45) is 5.92 Å². The van der Waals surface area contributed by atoms with E-state index in [1.807, 2.05) is 23.9 Å². The van der Waals surface area contributed by atoms with E-state index < -0.39 is 0 Å². The SMILES string of the molecule is CCC(CC)CSc1ccc(CO)cc1. The zero-order valence-electron chi connectivity index (χ0n) is 9.57. The average molecular weight is 224 g/mol. The van der Waals surface area contributed by atoms with E-state index in [2.05, 4.69) is 26.0 Å². The van der Waals surface area contributed by atoms with Gasteiger partial charge in [-0.05, 0) is 23.6 Å². The molecule has 0 spiro atoms. The maximum absolute atomic E-state index is 8.92. The second-order valence-electron chi connectivity index (χ2n) is 3.80. The van der Waals surface area contributed by atoms with E-state index in [1.165, 1.54) is 23.5 Å². The van der Waals surface area contributed by atoms with E-state index in [9.17, 15) is 0 Å². The van der Waals surface area contributed by atoms with Gasteiger partial charge in [0.05, 0.1) is 6.61 Å². The molecular weight excluding hydrogens is 204 g/mol. The van der Waals surface area contributed by atoms with Crippen molar-refractivity contribution in [2.45, 2.75) is 38.2 Å². The predicted molar refractivity (Wildman–Crippen MR) is 67.2 cm³/mol. The first-order valence-electron chi connectivity index (χ1n) is 5.62. The fourth-order valence-corrected chi connectivity index (χ4v) is 2.66. The summed E-state index contributed by atoms with van der Waals surface area (Å²) >= 11 is 1.92. The highest BCUT2D eigenvalue weighted by atomic mass is 32.2. The van der Waals surface area contributed by atoms with Crippen molar-refractivity contribution in [3.8, 4) is 0 Å². The molecule has 2 heteroatoms. The molecule has 0 saturated heterocycles. The Balaban J connectivity index is 2.43. The number of aliphatic hydroxyl groups excluding tert-OH is 1. The van der Waals surface area contributed by atoms with Gasteiger partial charge >= 0.3 is 0 Å². The number of hydrogen-bond donors (Lipinski definition) is 1. The lowest BCUT2D eigenvalue weighted by atomic mass is 10.1. The minimum Gasteiger partial charge on any atom is -0.392 e. The number of rotatable bonds is 6. The topological polar surface area (TPSA) is 20.2 Å². The molecule has 1 rings (SSSR count). The Morgan fingerprint density at radius 2 is 1.73 bits per heavy atom. The van der Waals surface area contributed by atoms with Gasteiger partial charge in [0.2, 0.25) is 0 Å². The van der Waals surface area contributed by atoms with Gasteiger partial charge in [-0.3, -0.25) is 0 Å². The molecule has 1 N–H and O–H groups in total. The summed E-state index contributed by atoms with van der Waals surface area (Å²) in [7, 11) is 0. The Labute approximate surface area is 96.9 Å². The predicted octanol–water partition coefficient (Wildman–Crippen LogP) is 3.71. The third kappa shape index (κ3) is 4.27. The number of aliphatic hydroxyl groups is 1. The van der Waals surface area contributed by atoms with Gasteiger partial charge in [0, 0.05) is 10.6 Å². The molecule has 0 aliphatic rings. The Bertz CT molecular complexity index is 264. The van der Waals surface area contributed by atoms with E-state index in [1.54, 1.807) is 0 Å². The van der Waals surface area contributed by atoms with Crippen LogP contribution in [0.15, 0.2) is 29.2 Å². The van der Waals surface area contributed by atoms with Gasteiger partial charge in [-0.1, -0.05) is 38.8 Å². The highest BCUT2D eigenvalue weighted by molar-refractivity contribution is 7.99. The molecule has 0 unspecified atom stereocenters. The second-order valence-corrected chi connectivity index (χ2v) is 4.89. The molecule has 0 atom stereocenters. The Hall–Kier alpha value is -0.470. The zero-order valence-corrected chi connectivity index (χ0v) is 10.4. The van der Waals surface area contributed by atoms with Crippen LogP contribution in [0, 0.1) is 5.92 Å². The number of thioether (sulfide) groups is 1. The largest absolute Gasteiger partial charge is 0.392 e. The van der Waals surface area contributed by atoms with Crippen LogP contribution in [0.3, 0.4) is 0 Å². The lowest BCUT2D eigenvalue weighted by Crippen LogP contribution is -1.99. The molecule has 0 radical (unpaired) electrons. The van der Waals surface area contributed by atoms with Crippen LogP contribution in [0.2, 0.25) is 0 Å². The van der Waals surface area contributed by atoms with Gasteiger partial charge in [-0.15, -0.1) is 11.8 Å². The Morgan fingerprint density at radius 1 is 1.13 bits per heavy atom. The summed E-state index contributed by atoms with van der Waals surface area (Å²) in [5.41, 5.74) is 0.988. The van der Waals surface area contributed by atoms with Crippen molar-refractivity contribution >= 4 is 11.8 Å². The van der Waals surface area contributed by atoms with Crippen LogP contribution in [0.5, 0.6) is 0 Å². The molecule has 0 fully saturated rings. The maximum Gasteiger partial charge on any atom is 0.0681 e. The van der Waals surface area contributed by atoms with Crippen LogP contribution in [0.4, 0.5) is 0 Å². The molecule has 0 aliphatic heterocycles. The van der Waals surface area contributed by atoms with Crippen molar-refractivity contribution < 1.29 is 5.11 Å². The van der Waals surface area contributed by atoms with Crippen LogP contribution in [-0.2, 0) is 6.61 Å². The zero-order chi connectivity index (χ0) is 11.1. The van der Waals surface area contributed by atoms with Crippen molar-refractivity contribution in [3.63, 3.8) is 0 Å². The van der Waals surface area contributed by atoms with Crippen molar-refractivity contribution in [3.05, 3.63) is 29.8 Å². The third-order valence-corrected chi connectivity index (χ3v) is 3.99. The second kappa shape index (κ2) is 6.91. The van der Waals surface area contributed by atoms with Gasteiger partial charge in [0.15, 0.2) is 0 Å². The first-order chi connectivity index (χ1) is 7.30. The molecule has 0 amide bonds. The summed E-state index contributed by atoms with van der Waals surface area (Å²) in [6.07, 6.45) is 2.52. The lowest BCUT2D eigenvalue weighted by molar-refractivity contribution is 0.282. The summed E-state index contributed by atoms with van der Waals surface area (Å²) in [6.45, 7) is 4.64. The molecule has 84 valence electrons. The highest BCUT2D eigenvalue weighted by Crippen LogP contribution is 2.23. The minimum absolute atomic E-state index is 0.136. The van der Waals surface area contributed by atoms with Gasteiger partial charge in [-0.25, -0.2) is 0 Å². The fourth-order valence-electron chi connectivity index (χ4n) is 1.43. The molecular formula is C13H20OS. The van der Waals surface area contributed by atoms with Crippen LogP contribution in [0.1, 0.15) is 32.3 Å². The summed E-state index contributed by atoms with van der Waals surface area (Å²) in [4.78, 5) is 1.30. The van der Waals surface area contributed by atoms with Crippen LogP contribution in [0.25, 0.3) is 0 Å². The van der Waals surface area contributed by atoms with Gasteiger partial charge in [-0.2, -0.15) is 0 Å². The molecule has 0 saturated carbocycles. The fraction of sp³-hybridized carbons (Fsp3) is 0.538. The van der Waals surface area contributed by atoms with Gasteiger partial charge in [0.25, 0.3) is 0 Å².